The highest BCUT2D eigenvalue weighted by Crippen LogP contribution is 2.42. The molecule has 1 saturated carbocycles. The molecular weight excluding hydrogens is 281 g/mol. The van der Waals surface area contributed by atoms with E-state index in [0.717, 1.165) is 31.2 Å². The first-order valence-corrected chi connectivity index (χ1v) is 7.39. The van der Waals surface area contributed by atoms with Crippen molar-refractivity contribution < 1.29 is 9.18 Å². The Morgan fingerprint density at radius 3 is 2.41 bits per heavy atom. The van der Waals surface area contributed by atoms with Crippen LogP contribution in [0.3, 0.4) is 0 Å². The van der Waals surface area contributed by atoms with Crippen LogP contribution in [0.15, 0.2) is 42.6 Å². The topological polar surface area (TPSA) is 68.0 Å². The molecule has 5 heteroatoms. The molecule has 1 heterocycles. The van der Waals surface area contributed by atoms with Gasteiger partial charge >= 0.3 is 0 Å². The summed E-state index contributed by atoms with van der Waals surface area (Å²) in [5.74, 6) is 0.0512. The molecule has 1 aromatic heterocycles. The second-order valence-corrected chi connectivity index (χ2v) is 5.72. The summed E-state index contributed by atoms with van der Waals surface area (Å²) in [6.45, 7) is 0. The molecule has 3 rings (SSSR count). The molecule has 1 amide bonds. The van der Waals surface area contributed by atoms with Gasteiger partial charge in [0.2, 0.25) is 5.91 Å². The van der Waals surface area contributed by atoms with Crippen LogP contribution in [0.2, 0.25) is 0 Å². The van der Waals surface area contributed by atoms with Gasteiger partial charge < -0.3 is 11.1 Å². The number of benzene rings is 1. The Balaban J connectivity index is 1.88. The molecule has 2 aromatic rings. The van der Waals surface area contributed by atoms with Crippen LogP contribution in [0, 0.1) is 5.82 Å². The minimum Gasteiger partial charge on any atom is -0.384 e. The van der Waals surface area contributed by atoms with Gasteiger partial charge in [0, 0.05) is 0 Å². The highest BCUT2D eigenvalue weighted by Gasteiger charge is 2.42. The minimum atomic E-state index is -0.588. The van der Waals surface area contributed by atoms with E-state index >= 15 is 0 Å². The van der Waals surface area contributed by atoms with Crippen molar-refractivity contribution in [2.45, 2.75) is 31.1 Å². The standard InChI is InChI=1S/C17H18FN3O/c18-13-5-3-12(4-6-13)17(9-1-2-10-17)16(22)21-14-7-8-15(19)20-11-14/h3-8,11H,1-2,9-10H2,(H2,19,20)(H,21,22). The minimum absolute atomic E-state index is 0.0665. The lowest BCUT2D eigenvalue weighted by Crippen LogP contribution is -2.38. The zero-order valence-electron chi connectivity index (χ0n) is 12.2. The van der Waals surface area contributed by atoms with Crippen LogP contribution >= 0.6 is 0 Å². The Kier molecular flexibility index (Phi) is 3.79. The van der Waals surface area contributed by atoms with Gasteiger partial charge in [0.25, 0.3) is 0 Å². The van der Waals surface area contributed by atoms with Crippen molar-refractivity contribution in [1.82, 2.24) is 4.98 Å². The number of nitrogens with two attached hydrogens (primary N) is 1. The highest BCUT2D eigenvalue weighted by molar-refractivity contribution is 5.99. The molecule has 0 unspecified atom stereocenters. The summed E-state index contributed by atoms with van der Waals surface area (Å²) < 4.78 is 13.2. The average Bonchev–Trinajstić information content (AvgIpc) is 3.01. The summed E-state index contributed by atoms with van der Waals surface area (Å²) >= 11 is 0. The molecule has 0 atom stereocenters. The van der Waals surface area contributed by atoms with Gasteiger partial charge in [0.1, 0.15) is 11.6 Å². The van der Waals surface area contributed by atoms with Gasteiger partial charge in [-0.3, -0.25) is 4.79 Å². The number of hydrogen-bond acceptors (Lipinski definition) is 3. The van der Waals surface area contributed by atoms with Crippen molar-refractivity contribution in [3.63, 3.8) is 0 Å². The molecule has 3 N–H and O–H groups in total. The molecule has 114 valence electrons. The van der Waals surface area contributed by atoms with Crippen molar-refractivity contribution in [1.29, 1.82) is 0 Å². The summed E-state index contributed by atoms with van der Waals surface area (Å²) in [5, 5.41) is 2.91. The molecule has 0 spiro atoms. The first kappa shape index (κ1) is 14.5. The van der Waals surface area contributed by atoms with Gasteiger partial charge in [-0.1, -0.05) is 25.0 Å². The summed E-state index contributed by atoms with van der Waals surface area (Å²) in [6.07, 6.45) is 5.07. The van der Waals surface area contributed by atoms with Crippen LogP contribution in [0.4, 0.5) is 15.9 Å². The smallest absolute Gasteiger partial charge is 0.235 e. The van der Waals surface area contributed by atoms with Crippen LogP contribution in [-0.4, -0.2) is 10.9 Å². The highest BCUT2D eigenvalue weighted by atomic mass is 19.1. The monoisotopic (exact) mass is 299 g/mol. The first-order valence-electron chi connectivity index (χ1n) is 7.39. The third kappa shape index (κ3) is 2.66. The average molecular weight is 299 g/mol. The second-order valence-electron chi connectivity index (χ2n) is 5.72. The Morgan fingerprint density at radius 1 is 1.14 bits per heavy atom. The quantitative estimate of drug-likeness (QED) is 0.914. The van der Waals surface area contributed by atoms with E-state index in [2.05, 4.69) is 10.3 Å². The van der Waals surface area contributed by atoms with E-state index in [1.165, 1.54) is 12.1 Å². The molecule has 0 aliphatic heterocycles. The molecule has 1 aliphatic carbocycles. The van der Waals surface area contributed by atoms with Gasteiger partial charge in [-0.15, -0.1) is 0 Å². The molecule has 1 aliphatic rings. The van der Waals surface area contributed by atoms with Crippen LogP contribution in [0.25, 0.3) is 0 Å². The number of nitrogens with zero attached hydrogens (tertiary/aromatic N) is 1. The van der Waals surface area contributed by atoms with E-state index in [-0.39, 0.29) is 11.7 Å². The maximum absolute atomic E-state index is 13.2. The normalized spacial score (nSPS) is 16.4. The van der Waals surface area contributed by atoms with Gasteiger partial charge in [-0.25, -0.2) is 9.37 Å². The third-order valence-corrected chi connectivity index (χ3v) is 4.33. The second kappa shape index (κ2) is 5.75. The van der Waals surface area contributed by atoms with Gasteiger partial charge in [0.05, 0.1) is 17.3 Å². The zero-order chi connectivity index (χ0) is 15.6. The Hall–Kier alpha value is -2.43. The number of amides is 1. The van der Waals surface area contributed by atoms with E-state index in [4.69, 9.17) is 5.73 Å². The van der Waals surface area contributed by atoms with E-state index in [0.29, 0.717) is 11.5 Å². The van der Waals surface area contributed by atoms with E-state index in [9.17, 15) is 9.18 Å². The number of aromatic nitrogens is 1. The number of hydrogen-bond donors (Lipinski definition) is 2. The SMILES string of the molecule is Nc1ccc(NC(=O)C2(c3ccc(F)cc3)CCCC2)cn1. The summed E-state index contributed by atoms with van der Waals surface area (Å²) in [7, 11) is 0. The molecule has 0 bridgehead atoms. The lowest BCUT2D eigenvalue weighted by Gasteiger charge is -2.28. The predicted octanol–water partition coefficient (Wildman–Crippen LogP) is 3.25. The first-order chi connectivity index (χ1) is 10.6. The van der Waals surface area contributed by atoms with E-state index in [1.54, 1.807) is 30.5 Å². The molecule has 0 radical (unpaired) electrons. The molecular formula is C17H18FN3O. The Morgan fingerprint density at radius 2 is 1.82 bits per heavy atom. The third-order valence-electron chi connectivity index (χ3n) is 4.33. The van der Waals surface area contributed by atoms with E-state index < -0.39 is 5.41 Å². The molecule has 1 aromatic carbocycles. The number of halogens is 1. The van der Waals surface area contributed by atoms with Crippen LogP contribution in [0.1, 0.15) is 31.2 Å². The Bertz CT molecular complexity index is 661. The number of carbonyl (C=O) groups is 1. The number of nitrogens with one attached hydrogen (secondary N) is 1. The lowest BCUT2D eigenvalue weighted by molar-refractivity contribution is -0.121. The van der Waals surface area contributed by atoms with Gasteiger partial charge in [0.15, 0.2) is 0 Å². The largest absolute Gasteiger partial charge is 0.384 e. The van der Waals surface area contributed by atoms with Crippen molar-refractivity contribution in [3.8, 4) is 0 Å². The van der Waals surface area contributed by atoms with Crippen LogP contribution in [0.5, 0.6) is 0 Å². The maximum atomic E-state index is 13.2. The maximum Gasteiger partial charge on any atom is 0.235 e. The number of pyridine rings is 1. The number of nitrogen functional groups attached to an aromatic ring is 1. The molecule has 22 heavy (non-hydrogen) atoms. The predicted molar refractivity (Wildman–Crippen MR) is 83.8 cm³/mol. The fourth-order valence-corrected chi connectivity index (χ4v) is 3.12. The van der Waals surface area contributed by atoms with Crippen LogP contribution in [-0.2, 0) is 10.2 Å². The number of carbonyl (C=O) groups excluding carboxylic acids is 1. The molecule has 4 nitrogen and oxygen atoms in total. The van der Waals surface area contributed by atoms with Gasteiger partial charge in [-0.05, 0) is 42.7 Å². The fraction of sp³-hybridized carbons (Fsp3) is 0.294. The van der Waals surface area contributed by atoms with Crippen molar-refractivity contribution in [2.75, 3.05) is 11.1 Å². The summed E-state index contributed by atoms with van der Waals surface area (Å²) in [6, 6.07) is 9.62. The lowest BCUT2D eigenvalue weighted by atomic mass is 9.78. The van der Waals surface area contributed by atoms with Crippen molar-refractivity contribution >= 4 is 17.4 Å². The van der Waals surface area contributed by atoms with E-state index in [1.807, 2.05) is 0 Å². The van der Waals surface area contributed by atoms with Crippen molar-refractivity contribution in [3.05, 3.63) is 54.0 Å². The Labute approximate surface area is 128 Å². The zero-order valence-corrected chi connectivity index (χ0v) is 12.2. The van der Waals surface area contributed by atoms with Crippen molar-refractivity contribution in [2.24, 2.45) is 0 Å². The molecule has 1 fully saturated rings. The fourth-order valence-electron chi connectivity index (χ4n) is 3.12. The summed E-state index contributed by atoms with van der Waals surface area (Å²) in [5.41, 5.74) is 6.45. The van der Waals surface area contributed by atoms with Crippen LogP contribution < -0.4 is 11.1 Å². The molecule has 0 saturated heterocycles. The summed E-state index contributed by atoms with van der Waals surface area (Å²) in [4.78, 5) is 16.8. The van der Waals surface area contributed by atoms with Gasteiger partial charge in [-0.2, -0.15) is 0 Å². The number of rotatable bonds is 3. The number of anilines is 2.